The van der Waals surface area contributed by atoms with E-state index in [0.717, 1.165) is 62.8 Å². The van der Waals surface area contributed by atoms with Gasteiger partial charge in [-0.1, -0.05) is 6.92 Å². The zero-order valence-corrected chi connectivity index (χ0v) is 18.4. The summed E-state index contributed by atoms with van der Waals surface area (Å²) in [5.41, 5.74) is 0. The second-order valence-corrected chi connectivity index (χ2v) is 7.04. The minimum Gasteiger partial charge on any atom is -0.469 e. The molecule has 0 amide bonds. The Morgan fingerprint density at radius 2 is 2.16 bits per heavy atom. The van der Waals surface area contributed by atoms with Gasteiger partial charge >= 0.3 is 5.97 Å². The standard InChI is InChI=1S/C17H28N4O2S.HI/c1-4-14-12-20-15(24-14)6-9-19-17(18-5-2)21-10-7-13(8-11-21)16(22)23-3;/h12-13H,4-11H2,1-3H3,(H,18,19);1H. The molecule has 1 N–H and O–H groups in total. The first-order valence-electron chi connectivity index (χ1n) is 8.72. The van der Waals surface area contributed by atoms with Gasteiger partial charge in [-0.05, 0) is 26.2 Å². The lowest BCUT2D eigenvalue weighted by Gasteiger charge is -2.33. The maximum Gasteiger partial charge on any atom is 0.308 e. The second kappa shape index (κ2) is 11.7. The lowest BCUT2D eigenvalue weighted by molar-refractivity contribution is -0.146. The highest BCUT2D eigenvalue weighted by molar-refractivity contribution is 14.0. The van der Waals surface area contributed by atoms with Gasteiger partial charge in [-0.3, -0.25) is 9.79 Å². The maximum atomic E-state index is 11.6. The zero-order valence-electron chi connectivity index (χ0n) is 15.3. The van der Waals surface area contributed by atoms with Crippen molar-refractivity contribution in [2.45, 2.75) is 39.5 Å². The van der Waals surface area contributed by atoms with Crippen molar-refractivity contribution in [1.29, 1.82) is 0 Å². The summed E-state index contributed by atoms with van der Waals surface area (Å²) in [5.74, 6) is 0.872. The third-order valence-electron chi connectivity index (χ3n) is 4.20. The summed E-state index contributed by atoms with van der Waals surface area (Å²) in [7, 11) is 1.46. The topological polar surface area (TPSA) is 66.8 Å². The van der Waals surface area contributed by atoms with Gasteiger partial charge in [0.2, 0.25) is 0 Å². The lowest BCUT2D eigenvalue weighted by atomic mass is 9.97. The van der Waals surface area contributed by atoms with Crippen LogP contribution in [0.3, 0.4) is 0 Å². The van der Waals surface area contributed by atoms with Gasteiger partial charge in [0.15, 0.2) is 5.96 Å². The molecule has 0 atom stereocenters. The van der Waals surface area contributed by atoms with Crippen LogP contribution in [0.5, 0.6) is 0 Å². The molecule has 0 bridgehead atoms. The number of aliphatic imine (C=N–C) groups is 1. The molecule has 1 saturated heterocycles. The monoisotopic (exact) mass is 480 g/mol. The highest BCUT2D eigenvalue weighted by Crippen LogP contribution is 2.18. The Hall–Kier alpha value is -0.900. The zero-order chi connectivity index (χ0) is 17.4. The summed E-state index contributed by atoms with van der Waals surface area (Å²) < 4.78 is 4.85. The number of hydrogen-bond acceptors (Lipinski definition) is 5. The molecule has 0 unspecified atom stereocenters. The Labute approximate surface area is 171 Å². The molecule has 0 aliphatic carbocycles. The third kappa shape index (κ3) is 6.73. The molecule has 6 nitrogen and oxygen atoms in total. The van der Waals surface area contributed by atoms with Crippen LogP contribution in [-0.2, 0) is 22.4 Å². The van der Waals surface area contributed by atoms with Crippen molar-refractivity contribution in [3.8, 4) is 0 Å². The van der Waals surface area contributed by atoms with Gasteiger partial charge in [-0.15, -0.1) is 35.3 Å². The quantitative estimate of drug-likeness (QED) is 0.294. The van der Waals surface area contributed by atoms with E-state index >= 15 is 0 Å². The third-order valence-corrected chi connectivity index (χ3v) is 5.40. The van der Waals surface area contributed by atoms with Crippen molar-refractivity contribution in [2.24, 2.45) is 10.9 Å². The summed E-state index contributed by atoms with van der Waals surface area (Å²) in [6.07, 6.45) is 5.52. The first kappa shape index (κ1) is 22.1. The van der Waals surface area contributed by atoms with Gasteiger partial charge in [-0.25, -0.2) is 4.98 Å². The fraction of sp³-hybridized carbons (Fsp3) is 0.706. The van der Waals surface area contributed by atoms with Crippen molar-refractivity contribution in [3.05, 3.63) is 16.1 Å². The van der Waals surface area contributed by atoms with Crippen LogP contribution in [-0.4, -0.2) is 55.1 Å². The minimum absolute atomic E-state index is 0. The molecule has 1 aliphatic rings. The van der Waals surface area contributed by atoms with E-state index in [2.05, 4.69) is 29.0 Å². The van der Waals surface area contributed by atoms with Crippen LogP contribution in [0.2, 0.25) is 0 Å². The highest BCUT2D eigenvalue weighted by Gasteiger charge is 2.26. The Kier molecular flexibility index (Phi) is 10.3. The van der Waals surface area contributed by atoms with Crippen LogP contribution >= 0.6 is 35.3 Å². The SMILES string of the molecule is CCNC(=NCCc1ncc(CC)s1)N1CCC(C(=O)OC)CC1.I. The van der Waals surface area contributed by atoms with Crippen LogP contribution in [0, 0.1) is 5.92 Å². The molecule has 1 aromatic heterocycles. The van der Waals surface area contributed by atoms with Crippen molar-refractivity contribution in [1.82, 2.24) is 15.2 Å². The second-order valence-electron chi connectivity index (χ2n) is 5.84. The number of halogens is 1. The van der Waals surface area contributed by atoms with Crippen molar-refractivity contribution in [3.63, 3.8) is 0 Å². The number of carbonyl (C=O) groups excluding carboxylic acids is 1. The van der Waals surface area contributed by atoms with Crippen LogP contribution in [0.1, 0.15) is 36.6 Å². The van der Waals surface area contributed by atoms with Crippen LogP contribution in [0.15, 0.2) is 11.2 Å². The van der Waals surface area contributed by atoms with Gasteiger partial charge in [0, 0.05) is 43.7 Å². The number of carbonyl (C=O) groups is 1. The van der Waals surface area contributed by atoms with Gasteiger partial charge in [0.1, 0.15) is 0 Å². The van der Waals surface area contributed by atoms with Crippen molar-refractivity contribution >= 4 is 47.2 Å². The normalized spacial score (nSPS) is 15.6. The number of thiazole rings is 1. The molecule has 142 valence electrons. The fourth-order valence-corrected chi connectivity index (χ4v) is 3.66. The first-order chi connectivity index (χ1) is 11.7. The number of ether oxygens (including phenoxy) is 1. The molecule has 25 heavy (non-hydrogen) atoms. The molecule has 8 heteroatoms. The fourth-order valence-electron chi connectivity index (χ4n) is 2.80. The van der Waals surface area contributed by atoms with E-state index in [1.54, 1.807) is 11.3 Å². The molecule has 1 aromatic rings. The number of nitrogens with zero attached hydrogens (tertiary/aromatic N) is 3. The van der Waals surface area contributed by atoms with E-state index in [0.29, 0.717) is 0 Å². The lowest BCUT2D eigenvalue weighted by Crippen LogP contribution is -2.46. The first-order valence-corrected chi connectivity index (χ1v) is 9.54. The van der Waals surface area contributed by atoms with Gasteiger partial charge in [0.05, 0.1) is 18.0 Å². The summed E-state index contributed by atoms with van der Waals surface area (Å²) in [4.78, 5) is 24.4. The van der Waals surface area contributed by atoms with Crippen molar-refractivity contribution in [2.75, 3.05) is 33.3 Å². The van der Waals surface area contributed by atoms with E-state index in [9.17, 15) is 4.79 Å². The highest BCUT2D eigenvalue weighted by atomic mass is 127. The number of guanidine groups is 1. The Bertz CT molecular complexity index is 557. The summed E-state index contributed by atoms with van der Waals surface area (Å²) in [6, 6.07) is 0. The number of aromatic nitrogens is 1. The molecule has 0 aromatic carbocycles. The van der Waals surface area contributed by atoms with Crippen LogP contribution < -0.4 is 5.32 Å². The number of aryl methyl sites for hydroxylation is 1. The van der Waals surface area contributed by atoms with Crippen molar-refractivity contribution < 1.29 is 9.53 Å². The Morgan fingerprint density at radius 1 is 1.44 bits per heavy atom. The van der Waals surface area contributed by atoms with Gasteiger partial charge < -0.3 is 15.0 Å². The number of rotatable bonds is 6. The molecule has 1 aliphatic heterocycles. The molecular formula is C17H29IN4O2S. The predicted molar refractivity (Wildman–Crippen MR) is 113 cm³/mol. The molecular weight excluding hydrogens is 451 g/mol. The Balaban J connectivity index is 0.00000312. The largest absolute Gasteiger partial charge is 0.469 e. The van der Waals surface area contributed by atoms with E-state index in [-0.39, 0.29) is 35.9 Å². The average molecular weight is 480 g/mol. The Morgan fingerprint density at radius 3 is 2.72 bits per heavy atom. The van der Waals surface area contributed by atoms with E-state index in [4.69, 9.17) is 9.73 Å². The van der Waals surface area contributed by atoms with Gasteiger partial charge in [0.25, 0.3) is 0 Å². The number of hydrogen-bond donors (Lipinski definition) is 1. The van der Waals surface area contributed by atoms with Crippen LogP contribution in [0.25, 0.3) is 0 Å². The summed E-state index contributed by atoms with van der Waals surface area (Å²) >= 11 is 1.77. The smallest absolute Gasteiger partial charge is 0.308 e. The number of likely N-dealkylation sites (tertiary alicyclic amines) is 1. The summed E-state index contributed by atoms with van der Waals surface area (Å²) in [5, 5.41) is 4.50. The molecule has 1 fully saturated rings. The minimum atomic E-state index is -0.0907. The molecule has 0 spiro atoms. The average Bonchev–Trinajstić information content (AvgIpc) is 3.08. The number of methoxy groups -OCH3 is 1. The van der Waals surface area contributed by atoms with Crippen LogP contribution in [0.4, 0.5) is 0 Å². The number of esters is 1. The molecule has 2 heterocycles. The van der Waals surface area contributed by atoms with E-state index in [1.807, 2.05) is 6.20 Å². The molecule has 0 saturated carbocycles. The number of piperidine rings is 1. The summed E-state index contributed by atoms with van der Waals surface area (Å²) in [6.45, 7) is 7.47. The van der Waals surface area contributed by atoms with Gasteiger partial charge in [-0.2, -0.15) is 0 Å². The maximum absolute atomic E-state index is 11.6. The molecule has 2 rings (SSSR count). The number of nitrogens with one attached hydrogen (secondary N) is 1. The van der Waals surface area contributed by atoms with E-state index < -0.39 is 0 Å². The van der Waals surface area contributed by atoms with E-state index in [1.165, 1.54) is 12.0 Å². The molecule has 0 radical (unpaired) electrons. The predicted octanol–water partition coefficient (Wildman–Crippen LogP) is 2.72.